The molecule has 1 amide bonds. The molecule has 1 N–H and O–H groups in total. The van der Waals surface area contributed by atoms with Gasteiger partial charge in [0.15, 0.2) is 11.6 Å². The molecule has 1 aliphatic rings. The predicted octanol–water partition coefficient (Wildman–Crippen LogP) is 3.35. The van der Waals surface area contributed by atoms with Crippen LogP contribution < -0.4 is 10.2 Å². The molecule has 6 nitrogen and oxygen atoms in total. The Kier molecular flexibility index (Phi) is 4.09. The molecule has 1 fully saturated rings. The first-order valence-electron chi connectivity index (χ1n) is 7.71. The maximum atomic E-state index is 14.2. The first-order valence-corrected chi connectivity index (χ1v) is 7.71. The molecule has 0 aliphatic carbocycles. The smallest absolute Gasteiger partial charge is 0.416 e. The van der Waals surface area contributed by atoms with Crippen molar-refractivity contribution in [1.29, 1.82) is 0 Å². The summed E-state index contributed by atoms with van der Waals surface area (Å²) in [4.78, 5) is 21.5. The predicted molar refractivity (Wildman–Crippen MR) is 88.3 cm³/mol. The van der Waals surface area contributed by atoms with Crippen LogP contribution in [0.3, 0.4) is 0 Å². The molecule has 126 valence electrons. The van der Waals surface area contributed by atoms with Gasteiger partial charge in [0.05, 0.1) is 11.7 Å². The van der Waals surface area contributed by atoms with E-state index < -0.39 is 17.4 Å². The van der Waals surface area contributed by atoms with E-state index in [0.29, 0.717) is 6.54 Å². The molecule has 2 heterocycles. The van der Waals surface area contributed by atoms with Crippen molar-refractivity contribution in [1.82, 2.24) is 9.97 Å². The molecular formula is C17H19FN4O2. The molecule has 1 aromatic carbocycles. The lowest BCUT2D eigenvalue weighted by Gasteiger charge is -2.29. The molecule has 0 bridgehead atoms. The van der Waals surface area contributed by atoms with Gasteiger partial charge in [-0.05, 0) is 26.3 Å². The summed E-state index contributed by atoms with van der Waals surface area (Å²) in [5.41, 5.74) is 0.338. The highest BCUT2D eigenvalue weighted by Gasteiger charge is 2.48. The highest BCUT2D eigenvalue weighted by Crippen LogP contribution is 2.35. The average molecular weight is 330 g/mol. The number of ether oxygens (including phenoxy) is 1. The van der Waals surface area contributed by atoms with Crippen molar-refractivity contribution in [2.45, 2.75) is 39.0 Å². The lowest BCUT2D eigenvalue weighted by molar-refractivity contribution is 0.129. The highest BCUT2D eigenvalue weighted by atomic mass is 19.1. The molecule has 1 aliphatic heterocycles. The topological polar surface area (TPSA) is 67.3 Å². The Hall–Kier alpha value is -2.70. The molecule has 24 heavy (non-hydrogen) atoms. The minimum absolute atomic E-state index is 0.0834. The van der Waals surface area contributed by atoms with Gasteiger partial charge in [0, 0.05) is 6.54 Å². The van der Waals surface area contributed by atoms with Gasteiger partial charge in [-0.15, -0.1) is 0 Å². The first kappa shape index (κ1) is 16.2. The second-order valence-electron chi connectivity index (χ2n) is 6.22. The minimum Gasteiger partial charge on any atom is -0.444 e. The quantitative estimate of drug-likeness (QED) is 0.931. The summed E-state index contributed by atoms with van der Waals surface area (Å²) in [5.74, 6) is -0.502. The van der Waals surface area contributed by atoms with E-state index in [4.69, 9.17) is 4.74 Å². The number of cyclic esters (lactones) is 1. The van der Waals surface area contributed by atoms with Gasteiger partial charge >= 0.3 is 6.09 Å². The molecule has 1 atom stereocenters. The van der Waals surface area contributed by atoms with E-state index in [-0.39, 0.29) is 17.9 Å². The van der Waals surface area contributed by atoms with Crippen LogP contribution in [-0.2, 0) is 11.3 Å². The van der Waals surface area contributed by atoms with Crippen LogP contribution in [0.25, 0.3) is 0 Å². The number of carbonyl (C=O) groups excluding carboxylic acids is 1. The van der Waals surface area contributed by atoms with Crippen LogP contribution in [-0.4, -0.2) is 27.7 Å². The summed E-state index contributed by atoms with van der Waals surface area (Å²) in [6, 6.07) is 9.70. The number of nitrogens with zero attached hydrogens (tertiary/aromatic N) is 3. The molecule has 0 saturated carbocycles. The zero-order valence-electron chi connectivity index (χ0n) is 13.8. The number of hydrogen-bond acceptors (Lipinski definition) is 5. The number of amides is 1. The van der Waals surface area contributed by atoms with Crippen molar-refractivity contribution in [2.24, 2.45) is 0 Å². The molecule has 0 spiro atoms. The summed E-state index contributed by atoms with van der Waals surface area (Å²) < 4.78 is 19.4. The summed E-state index contributed by atoms with van der Waals surface area (Å²) in [6.07, 6.45) is 0.0707. The molecule has 1 saturated heterocycles. The van der Waals surface area contributed by atoms with Crippen LogP contribution in [0.2, 0.25) is 0 Å². The third-order valence-electron chi connectivity index (χ3n) is 4.26. The van der Waals surface area contributed by atoms with Crippen molar-refractivity contribution in [3.8, 4) is 0 Å². The Balaban J connectivity index is 1.85. The number of carbonyl (C=O) groups is 1. The second kappa shape index (κ2) is 6.07. The largest absolute Gasteiger partial charge is 0.444 e. The van der Waals surface area contributed by atoms with Crippen LogP contribution in [0, 0.1) is 5.82 Å². The number of nitrogens with one attached hydrogen (secondary N) is 1. The molecule has 1 unspecified atom stereocenters. The minimum atomic E-state index is -0.705. The molecule has 3 rings (SSSR count). The monoisotopic (exact) mass is 330 g/mol. The van der Waals surface area contributed by atoms with Gasteiger partial charge in [-0.2, -0.15) is 4.98 Å². The van der Waals surface area contributed by atoms with E-state index in [1.54, 1.807) is 20.8 Å². The summed E-state index contributed by atoms with van der Waals surface area (Å²) in [6.45, 7) is 5.88. The number of rotatable bonds is 4. The van der Waals surface area contributed by atoms with Crippen molar-refractivity contribution in [3.05, 3.63) is 47.9 Å². The van der Waals surface area contributed by atoms with Crippen molar-refractivity contribution >= 4 is 17.9 Å². The molecule has 7 heteroatoms. The van der Waals surface area contributed by atoms with Gasteiger partial charge in [-0.3, -0.25) is 0 Å². The Morgan fingerprint density at radius 2 is 2.04 bits per heavy atom. The van der Waals surface area contributed by atoms with Crippen LogP contribution in [0.1, 0.15) is 26.3 Å². The maximum absolute atomic E-state index is 14.2. The SMILES string of the molecule is CC1OC(=O)N(c2nc(NCc3ccccc3)ncc2F)C1(C)C. The molecular weight excluding hydrogens is 311 g/mol. The standard InChI is InChI=1S/C17H19FN4O2/c1-11-17(2,3)22(16(23)24-11)14-13(18)10-20-15(21-14)19-9-12-7-5-4-6-8-12/h4-8,10-11H,9H2,1-3H3,(H,19,20,21). The number of benzene rings is 1. The summed E-state index contributed by atoms with van der Waals surface area (Å²) in [7, 11) is 0. The van der Waals surface area contributed by atoms with E-state index in [0.717, 1.165) is 11.8 Å². The molecule has 0 radical (unpaired) electrons. The second-order valence-corrected chi connectivity index (χ2v) is 6.22. The van der Waals surface area contributed by atoms with Gasteiger partial charge in [-0.25, -0.2) is 19.1 Å². The van der Waals surface area contributed by atoms with Gasteiger partial charge in [-0.1, -0.05) is 30.3 Å². The van der Waals surface area contributed by atoms with Gasteiger partial charge < -0.3 is 10.1 Å². The Labute approximate surface area is 139 Å². The van der Waals surface area contributed by atoms with E-state index in [2.05, 4.69) is 15.3 Å². The van der Waals surface area contributed by atoms with Crippen molar-refractivity contribution in [3.63, 3.8) is 0 Å². The first-order chi connectivity index (χ1) is 11.4. The highest BCUT2D eigenvalue weighted by molar-refractivity contribution is 5.90. The summed E-state index contributed by atoms with van der Waals surface area (Å²) in [5, 5.41) is 3.04. The van der Waals surface area contributed by atoms with E-state index in [1.807, 2.05) is 30.3 Å². The summed E-state index contributed by atoms with van der Waals surface area (Å²) >= 11 is 0. The number of aromatic nitrogens is 2. The van der Waals surface area contributed by atoms with E-state index in [9.17, 15) is 9.18 Å². The third-order valence-corrected chi connectivity index (χ3v) is 4.26. The maximum Gasteiger partial charge on any atom is 0.416 e. The van der Waals surface area contributed by atoms with Gasteiger partial charge in [0.2, 0.25) is 5.95 Å². The fourth-order valence-corrected chi connectivity index (χ4v) is 2.50. The van der Waals surface area contributed by atoms with E-state index in [1.165, 1.54) is 4.90 Å². The van der Waals surface area contributed by atoms with Gasteiger partial charge in [0.25, 0.3) is 0 Å². The number of anilines is 2. The van der Waals surface area contributed by atoms with Crippen LogP contribution in [0.5, 0.6) is 0 Å². The van der Waals surface area contributed by atoms with Crippen molar-refractivity contribution in [2.75, 3.05) is 10.2 Å². The Morgan fingerprint density at radius 3 is 2.67 bits per heavy atom. The average Bonchev–Trinajstić information content (AvgIpc) is 2.76. The fraction of sp³-hybridized carbons (Fsp3) is 0.353. The van der Waals surface area contributed by atoms with Gasteiger partial charge in [0.1, 0.15) is 6.10 Å². The molecule has 2 aromatic rings. The van der Waals surface area contributed by atoms with Crippen LogP contribution in [0.15, 0.2) is 36.5 Å². The lowest BCUT2D eigenvalue weighted by Crippen LogP contribution is -2.46. The third kappa shape index (κ3) is 2.89. The van der Waals surface area contributed by atoms with E-state index >= 15 is 0 Å². The Bertz CT molecular complexity index is 752. The normalized spacial score (nSPS) is 19.2. The zero-order chi connectivity index (χ0) is 17.3. The molecule has 1 aromatic heterocycles. The number of halogens is 1. The number of hydrogen-bond donors (Lipinski definition) is 1. The Morgan fingerprint density at radius 1 is 1.33 bits per heavy atom. The van der Waals surface area contributed by atoms with Crippen molar-refractivity contribution < 1.29 is 13.9 Å². The zero-order valence-corrected chi connectivity index (χ0v) is 13.8. The van der Waals surface area contributed by atoms with Crippen LogP contribution in [0.4, 0.5) is 21.0 Å². The lowest BCUT2D eigenvalue weighted by atomic mass is 9.98. The van der Waals surface area contributed by atoms with Crippen LogP contribution >= 0.6 is 0 Å². The fourth-order valence-electron chi connectivity index (χ4n) is 2.50.